The molecule has 0 aromatic carbocycles. The maximum absolute atomic E-state index is 12.8. The van der Waals surface area contributed by atoms with E-state index in [2.05, 4.69) is 20.2 Å². The molecule has 132 valence electrons. The number of hydrogen-bond donors (Lipinski definition) is 2. The Kier molecular flexibility index (Phi) is 3.92. The average molecular weight is 371 g/mol. The van der Waals surface area contributed by atoms with Crippen LogP contribution in [-0.2, 0) is 14.8 Å². The minimum absolute atomic E-state index is 0.0651. The molecule has 1 heterocycles. The molecule has 0 aliphatic heterocycles. The lowest BCUT2D eigenvalue weighted by Crippen LogP contribution is -2.59. The molecule has 4 aliphatic carbocycles. The first kappa shape index (κ1) is 16.4. The van der Waals surface area contributed by atoms with E-state index >= 15 is 0 Å². The lowest BCUT2D eigenvalue weighted by molar-refractivity contribution is -0.115. The summed E-state index contributed by atoms with van der Waals surface area (Å²) in [6, 6.07) is 0. The number of sulfonamides is 1. The number of carbonyl (C=O) groups excluding carboxylic acids is 1. The Morgan fingerprint density at radius 1 is 1.17 bits per heavy atom. The molecule has 4 aliphatic rings. The third kappa shape index (κ3) is 2.97. The lowest BCUT2D eigenvalue weighted by atomic mass is 9.53. The molecule has 0 saturated heterocycles. The molecule has 5 rings (SSSR count). The van der Waals surface area contributed by atoms with E-state index in [1.807, 2.05) is 0 Å². The number of nitrogens with one attached hydrogen (secondary N) is 2. The number of nitrogens with zero attached hydrogens (tertiary/aromatic N) is 2. The number of rotatable bonds is 5. The highest BCUT2D eigenvalue weighted by Gasteiger charge is 2.52. The fraction of sp³-hybridized carbons (Fsp3) is 0.800. The molecule has 7 nitrogen and oxygen atoms in total. The molecular weight excluding hydrogens is 348 g/mol. The van der Waals surface area contributed by atoms with Gasteiger partial charge in [0.05, 0.1) is 0 Å². The van der Waals surface area contributed by atoms with Gasteiger partial charge in [0.25, 0.3) is 10.0 Å². The highest BCUT2D eigenvalue weighted by molar-refractivity contribution is 7.91. The van der Waals surface area contributed by atoms with Gasteiger partial charge in [-0.25, -0.2) is 13.1 Å². The van der Waals surface area contributed by atoms with Crippen LogP contribution in [0.1, 0.15) is 51.9 Å². The topological polar surface area (TPSA) is 101 Å². The zero-order chi connectivity index (χ0) is 16.9. The molecule has 0 radical (unpaired) electrons. The second-order valence-corrected chi connectivity index (χ2v) is 10.4. The Balaban J connectivity index is 1.52. The van der Waals surface area contributed by atoms with Crippen LogP contribution in [-0.4, -0.2) is 30.1 Å². The highest BCUT2D eigenvalue weighted by Crippen LogP contribution is 2.56. The van der Waals surface area contributed by atoms with Crippen molar-refractivity contribution >= 4 is 32.4 Å². The molecule has 24 heavy (non-hydrogen) atoms. The van der Waals surface area contributed by atoms with E-state index in [-0.39, 0.29) is 20.9 Å². The van der Waals surface area contributed by atoms with Gasteiger partial charge in [0.15, 0.2) is 0 Å². The van der Waals surface area contributed by atoms with Gasteiger partial charge in [-0.2, -0.15) is 0 Å². The lowest BCUT2D eigenvalue weighted by Gasteiger charge is -2.56. The monoisotopic (exact) mass is 370 g/mol. The van der Waals surface area contributed by atoms with Crippen molar-refractivity contribution in [1.29, 1.82) is 0 Å². The number of aromatic nitrogens is 2. The molecule has 0 unspecified atom stereocenters. The predicted molar refractivity (Wildman–Crippen MR) is 90.1 cm³/mol. The van der Waals surface area contributed by atoms with Crippen molar-refractivity contribution in [2.45, 2.75) is 61.7 Å². The van der Waals surface area contributed by atoms with E-state index in [0.717, 1.165) is 30.6 Å². The Bertz CT molecular complexity index is 723. The van der Waals surface area contributed by atoms with Gasteiger partial charge in [-0.05, 0) is 56.3 Å². The van der Waals surface area contributed by atoms with Crippen LogP contribution in [0.15, 0.2) is 4.34 Å². The highest BCUT2D eigenvalue weighted by atomic mass is 32.2. The van der Waals surface area contributed by atoms with Crippen molar-refractivity contribution in [1.82, 2.24) is 14.9 Å². The Morgan fingerprint density at radius 2 is 1.75 bits per heavy atom. The van der Waals surface area contributed by atoms with Crippen LogP contribution in [0, 0.1) is 17.8 Å². The summed E-state index contributed by atoms with van der Waals surface area (Å²) in [5, 5.41) is 10.3. The quantitative estimate of drug-likeness (QED) is 0.773. The van der Waals surface area contributed by atoms with E-state index in [1.54, 1.807) is 6.92 Å². The van der Waals surface area contributed by atoms with Gasteiger partial charge in [0.1, 0.15) is 0 Å². The van der Waals surface area contributed by atoms with Gasteiger partial charge in [-0.1, -0.05) is 18.3 Å². The Hall–Kier alpha value is -1.06. The molecule has 1 aromatic heterocycles. The summed E-state index contributed by atoms with van der Waals surface area (Å²) in [5.41, 5.74) is -0.300. The molecular formula is C15H22N4O3S2. The zero-order valence-corrected chi connectivity index (χ0v) is 15.3. The van der Waals surface area contributed by atoms with E-state index in [0.29, 0.717) is 24.2 Å². The van der Waals surface area contributed by atoms with Crippen LogP contribution >= 0.6 is 11.3 Å². The van der Waals surface area contributed by atoms with Crippen LogP contribution in [0.4, 0.5) is 5.13 Å². The minimum atomic E-state index is -3.70. The molecule has 0 spiro atoms. The Labute approximate surface area is 145 Å². The van der Waals surface area contributed by atoms with Crippen molar-refractivity contribution in [3.8, 4) is 0 Å². The molecule has 4 bridgehead atoms. The first-order chi connectivity index (χ1) is 11.4. The smallest absolute Gasteiger partial charge is 0.270 e. The van der Waals surface area contributed by atoms with Crippen molar-refractivity contribution in [3.05, 3.63) is 0 Å². The van der Waals surface area contributed by atoms with Crippen LogP contribution < -0.4 is 10.0 Å². The van der Waals surface area contributed by atoms with Crippen molar-refractivity contribution in [2.75, 3.05) is 5.32 Å². The first-order valence-corrected chi connectivity index (χ1v) is 10.8. The maximum atomic E-state index is 12.8. The van der Waals surface area contributed by atoms with Crippen LogP contribution in [0.25, 0.3) is 0 Å². The van der Waals surface area contributed by atoms with Gasteiger partial charge < -0.3 is 5.32 Å². The predicted octanol–water partition coefficient (Wildman–Crippen LogP) is 2.13. The van der Waals surface area contributed by atoms with Crippen LogP contribution in [0.5, 0.6) is 0 Å². The molecule has 4 fully saturated rings. The standard InChI is InChI=1S/C15H22N4O3S2/c1-2-12(20)16-13-17-18-14(23-13)24(21,22)19-15-6-9-3-10(7-15)5-11(4-9)8-15/h9-11,19H,2-8H2,1H3,(H,16,17,20). The normalized spacial score (nSPS) is 34.5. The van der Waals surface area contributed by atoms with Crippen molar-refractivity contribution in [3.63, 3.8) is 0 Å². The molecule has 1 aromatic rings. The van der Waals surface area contributed by atoms with E-state index in [9.17, 15) is 13.2 Å². The van der Waals surface area contributed by atoms with Crippen LogP contribution in [0.2, 0.25) is 0 Å². The molecule has 0 atom stereocenters. The summed E-state index contributed by atoms with van der Waals surface area (Å²) in [5.74, 6) is 1.78. The summed E-state index contributed by atoms with van der Waals surface area (Å²) < 4.78 is 28.4. The maximum Gasteiger partial charge on any atom is 0.270 e. The number of hydrogen-bond acceptors (Lipinski definition) is 6. The number of carbonyl (C=O) groups is 1. The average Bonchev–Trinajstić information content (AvgIpc) is 2.94. The largest absolute Gasteiger partial charge is 0.301 e. The van der Waals surface area contributed by atoms with Crippen molar-refractivity contribution < 1.29 is 13.2 Å². The molecule has 9 heteroatoms. The third-order valence-corrected chi connectivity index (χ3v) is 8.38. The second kappa shape index (κ2) is 5.74. The summed E-state index contributed by atoms with van der Waals surface area (Å²) in [6.45, 7) is 1.72. The van der Waals surface area contributed by atoms with E-state index < -0.39 is 10.0 Å². The van der Waals surface area contributed by atoms with Gasteiger partial charge in [0.2, 0.25) is 15.4 Å². The summed E-state index contributed by atoms with van der Waals surface area (Å²) in [4.78, 5) is 11.4. The van der Waals surface area contributed by atoms with Gasteiger partial charge >= 0.3 is 0 Å². The summed E-state index contributed by atoms with van der Waals surface area (Å²) in [6.07, 6.45) is 6.91. The molecule has 4 saturated carbocycles. The van der Waals surface area contributed by atoms with E-state index in [4.69, 9.17) is 0 Å². The zero-order valence-electron chi connectivity index (χ0n) is 13.6. The fourth-order valence-corrected chi connectivity index (χ4v) is 7.49. The first-order valence-electron chi connectivity index (χ1n) is 8.55. The second-order valence-electron chi connectivity index (χ2n) is 7.58. The summed E-state index contributed by atoms with van der Waals surface area (Å²) >= 11 is 0.907. The SMILES string of the molecule is CCC(=O)Nc1nnc(S(=O)(=O)NC23CC4CC(CC(C4)C2)C3)s1. The van der Waals surface area contributed by atoms with Gasteiger partial charge in [0, 0.05) is 12.0 Å². The molecule has 2 N–H and O–H groups in total. The number of anilines is 1. The number of amides is 1. The van der Waals surface area contributed by atoms with Gasteiger partial charge in [-0.3, -0.25) is 4.79 Å². The fourth-order valence-electron chi connectivity index (χ4n) is 5.14. The Morgan fingerprint density at radius 3 is 2.29 bits per heavy atom. The summed E-state index contributed by atoms with van der Waals surface area (Å²) in [7, 11) is -3.70. The van der Waals surface area contributed by atoms with Gasteiger partial charge in [-0.15, -0.1) is 10.2 Å². The van der Waals surface area contributed by atoms with Crippen molar-refractivity contribution in [2.24, 2.45) is 17.8 Å². The minimum Gasteiger partial charge on any atom is -0.301 e. The van der Waals surface area contributed by atoms with E-state index in [1.165, 1.54) is 19.3 Å². The molecule has 1 amide bonds. The third-order valence-electron chi connectivity index (χ3n) is 5.59. The van der Waals surface area contributed by atoms with Crippen LogP contribution in [0.3, 0.4) is 0 Å².